The van der Waals surface area contributed by atoms with Crippen molar-refractivity contribution in [1.29, 1.82) is 0 Å². The summed E-state index contributed by atoms with van der Waals surface area (Å²) < 4.78 is 8.26. The van der Waals surface area contributed by atoms with E-state index in [0.717, 1.165) is 53.7 Å². The Hall–Kier alpha value is -4.34. The van der Waals surface area contributed by atoms with Crippen LogP contribution < -0.4 is 20.3 Å². The second-order valence-corrected chi connectivity index (χ2v) is 11.7. The second-order valence-electron chi connectivity index (χ2n) is 11.7. The van der Waals surface area contributed by atoms with Gasteiger partial charge >= 0.3 is 0 Å². The lowest BCUT2D eigenvalue weighted by atomic mass is 10.1. The molecule has 0 spiro atoms. The molecule has 4 aromatic rings. The molecule has 2 aromatic carbocycles. The van der Waals surface area contributed by atoms with Crippen LogP contribution in [-0.2, 0) is 0 Å². The topological polar surface area (TPSA) is 73.7 Å². The summed E-state index contributed by atoms with van der Waals surface area (Å²) in [6, 6.07) is 15.2. The van der Waals surface area contributed by atoms with Crippen LogP contribution in [0.4, 0.5) is 23.0 Å². The van der Waals surface area contributed by atoms with E-state index in [1.54, 1.807) is 13.3 Å². The third-order valence-corrected chi connectivity index (χ3v) is 7.56. The van der Waals surface area contributed by atoms with Crippen molar-refractivity contribution in [3.8, 4) is 17.0 Å². The minimum Gasteiger partial charge on any atom is -0.494 e. The Labute approximate surface area is 255 Å². The SMILES string of the molecule is C=C(/C=C/CN(C)C)Nc1cc(Nc2nccc(-c3cn(C4CC4)c4ccccc34)n2)c(OC)cc1N(C)CCN(C)C. The Kier molecular flexibility index (Phi) is 9.33. The normalized spacial score (nSPS) is 13.3. The number of fused-ring (bicyclic) bond motifs is 1. The minimum atomic E-state index is 0.503. The highest BCUT2D eigenvalue weighted by atomic mass is 16.5. The number of nitrogens with zero attached hydrogens (tertiary/aromatic N) is 6. The van der Waals surface area contributed by atoms with Crippen LogP contribution in [0.1, 0.15) is 18.9 Å². The Morgan fingerprint density at radius 1 is 1.05 bits per heavy atom. The molecule has 226 valence electrons. The fourth-order valence-electron chi connectivity index (χ4n) is 5.10. The fraction of sp³-hybridized carbons (Fsp3) is 0.353. The smallest absolute Gasteiger partial charge is 0.227 e. The van der Waals surface area contributed by atoms with Crippen LogP contribution in [0.3, 0.4) is 0 Å². The van der Waals surface area contributed by atoms with Gasteiger partial charge in [-0.2, -0.15) is 0 Å². The highest BCUT2D eigenvalue weighted by Crippen LogP contribution is 2.42. The summed E-state index contributed by atoms with van der Waals surface area (Å²) >= 11 is 0. The standard InChI is InChI=1S/C34H44N8O/c1-24(11-10-18-39(2)3)36-29-21-30(33(43-7)22-32(29)41(6)20-19-40(4)5)38-34-35-17-16-28(37-34)27-23-42(25-14-15-25)31-13-9-8-12-26(27)31/h8-13,16-17,21-23,25,36H,1,14-15,18-20H2,2-7H3,(H,35,37,38)/b11-10+. The quantitative estimate of drug-likeness (QED) is 0.170. The van der Waals surface area contributed by atoms with Crippen molar-refractivity contribution < 1.29 is 4.74 Å². The van der Waals surface area contributed by atoms with Crippen molar-refractivity contribution in [3.05, 3.63) is 79.3 Å². The molecule has 2 N–H and O–H groups in total. The van der Waals surface area contributed by atoms with Gasteiger partial charge in [-0.25, -0.2) is 9.97 Å². The average Bonchev–Trinajstić information content (AvgIpc) is 3.75. The number of allylic oxidation sites excluding steroid dienone is 1. The number of hydrogen-bond acceptors (Lipinski definition) is 8. The van der Waals surface area contributed by atoms with Crippen molar-refractivity contribution >= 4 is 33.9 Å². The van der Waals surface area contributed by atoms with Gasteiger partial charge in [0.15, 0.2) is 0 Å². The van der Waals surface area contributed by atoms with Crippen molar-refractivity contribution in [2.75, 3.05) is 77.5 Å². The van der Waals surface area contributed by atoms with Crippen molar-refractivity contribution in [2.24, 2.45) is 0 Å². The molecule has 0 saturated heterocycles. The largest absolute Gasteiger partial charge is 0.494 e. The van der Waals surface area contributed by atoms with Crippen LogP contribution in [0.2, 0.25) is 0 Å². The average molecular weight is 581 g/mol. The summed E-state index contributed by atoms with van der Waals surface area (Å²) in [5.74, 6) is 1.20. The zero-order chi connectivity index (χ0) is 30.5. The first-order valence-electron chi connectivity index (χ1n) is 14.8. The maximum atomic E-state index is 5.87. The van der Waals surface area contributed by atoms with Gasteiger partial charge in [-0.15, -0.1) is 0 Å². The lowest BCUT2D eigenvalue weighted by Crippen LogP contribution is -2.29. The molecule has 5 rings (SSSR count). The number of benzene rings is 2. The Balaban J connectivity index is 1.47. The Morgan fingerprint density at radius 3 is 2.56 bits per heavy atom. The maximum Gasteiger partial charge on any atom is 0.227 e. The number of anilines is 4. The van der Waals surface area contributed by atoms with Gasteiger partial charge in [0.05, 0.1) is 29.9 Å². The number of hydrogen-bond donors (Lipinski definition) is 2. The molecule has 0 atom stereocenters. The number of para-hydroxylation sites is 1. The predicted octanol–water partition coefficient (Wildman–Crippen LogP) is 6.23. The summed E-state index contributed by atoms with van der Waals surface area (Å²) in [7, 11) is 12.0. The van der Waals surface area contributed by atoms with Crippen LogP contribution in [-0.4, -0.2) is 86.3 Å². The van der Waals surface area contributed by atoms with Crippen LogP contribution in [0, 0.1) is 0 Å². The molecular formula is C34H44N8O. The Bertz CT molecular complexity index is 1600. The van der Waals surface area contributed by atoms with Crippen LogP contribution in [0.25, 0.3) is 22.2 Å². The first-order valence-corrected chi connectivity index (χ1v) is 14.8. The summed E-state index contributed by atoms with van der Waals surface area (Å²) in [5.41, 5.74) is 6.72. The molecule has 9 nitrogen and oxygen atoms in total. The van der Waals surface area contributed by atoms with E-state index >= 15 is 0 Å². The summed E-state index contributed by atoms with van der Waals surface area (Å²) in [4.78, 5) is 16.0. The van der Waals surface area contributed by atoms with E-state index in [-0.39, 0.29) is 0 Å². The predicted molar refractivity (Wildman–Crippen MR) is 180 cm³/mol. The van der Waals surface area contributed by atoms with Gasteiger partial charge in [0.2, 0.25) is 5.95 Å². The van der Waals surface area contributed by atoms with Gasteiger partial charge in [0.25, 0.3) is 0 Å². The zero-order valence-corrected chi connectivity index (χ0v) is 26.3. The lowest BCUT2D eigenvalue weighted by molar-refractivity contribution is 0.413. The third kappa shape index (κ3) is 7.36. The molecule has 9 heteroatoms. The number of nitrogens with one attached hydrogen (secondary N) is 2. The molecule has 1 saturated carbocycles. The number of rotatable bonds is 14. The Morgan fingerprint density at radius 2 is 1.84 bits per heavy atom. The minimum absolute atomic E-state index is 0.503. The second kappa shape index (κ2) is 13.3. The maximum absolute atomic E-state index is 5.87. The van der Waals surface area contributed by atoms with Crippen LogP contribution in [0.5, 0.6) is 5.75 Å². The van der Waals surface area contributed by atoms with Gasteiger partial charge in [0, 0.05) is 73.3 Å². The van der Waals surface area contributed by atoms with Gasteiger partial charge < -0.3 is 34.6 Å². The molecular weight excluding hydrogens is 536 g/mol. The van der Waals surface area contributed by atoms with E-state index in [2.05, 4.69) is 99.1 Å². The van der Waals surface area contributed by atoms with Gasteiger partial charge in [-0.1, -0.05) is 30.9 Å². The summed E-state index contributed by atoms with van der Waals surface area (Å²) in [6.07, 6.45) is 10.6. The molecule has 1 fully saturated rings. The number of aromatic nitrogens is 3. The summed E-state index contributed by atoms with van der Waals surface area (Å²) in [6.45, 7) is 6.84. The molecule has 0 radical (unpaired) electrons. The van der Waals surface area contributed by atoms with Crippen LogP contribution in [0.15, 0.2) is 79.3 Å². The fourth-order valence-corrected chi connectivity index (χ4v) is 5.10. The molecule has 0 unspecified atom stereocenters. The first-order chi connectivity index (χ1) is 20.7. The molecule has 2 aromatic heterocycles. The van der Waals surface area contributed by atoms with Crippen LogP contribution >= 0.6 is 0 Å². The van der Waals surface area contributed by atoms with E-state index in [1.165, 1.54) is 23.7 Å². The van der Waals surface area contributed by atoms with E-state index in [9.17, 15) is 0 Å². The third-order valence-electron chi connectivity index (χ3n) is 7.56. The summed E-state index contributed by atoms with van der Waals surface area (Å²) in [5, 5.41) is 8.15. The molecule has 0 bridgehead atoms. The number of methoxy groups -OCH3 is 1. The van der Waals surface area contributed by atoms with E-state index in [0.29, 0.717) is 17.7 Å². The van der Waals surface area contributed by atoms with E-state index < -0.39 is 0 Å². The number of likely N-dealkylation sites (N-methyl/N-ethyl adjacent to an activating group) is 3. The molecule has 1 aliphatic rings. The zero-order valence-electron chi connectivity index (χ0n) is 26.3. The lowest BCUT2D eigenvalue weighted by Gasteiger charge is -2.26. The molecule has 0 aliphatic heterocycles. The highest BCUT2D eigenvalue weighted by Gasteiger charge is 2.26. The number of ether oxygens (including phenoxy) is 1. The molecule has 0 amide bonds. The van der Waals surface area contributed by atoms with Crippen molar-refractivity contribution in [1.82, 2.24) is 24.3 Å². The highest BCUT2D eigenvalue weighted by molar-refractivity contribution is 5.95. The molecule has 1 aliphatic carbocycles. The van der Waals surface area contributed by atoms with E-state index in [1.807, 2.05) is 38.4 Å². The van der Waals surface area contributed by atoms with Gasteiger partial charge in [-0.05, 0) is 65.3 Å². The van der Waals surface area contributed by atoms with Gasteiger partial charge in [-0.3, -0.25) is 0 Å². The molecule has 43 heavy (non-hydrogen) atoms. The van der Waals surface area contributed by atoms with Crippen molar-refractivity contribution in [3.63, 3.8) is 0 Å². The monoisotopic (exact) mass is 580 g/mol. The van der Waals surface area contributed by atoms with Gasteiger partial charge in [0.1, 0.15) is 5.75 Å². The van der Waals surface area contributed by atoms with E-state index in [4.69, 9.17) is 9.72 Å². The van der Waals surface area contributed by atoms with Crippen molar-refractivity contribution in [2.45, 2.75) is 18.9 Å². The first kappa shape index (κ1) is 30.1. The molecule has 2 heterocycles.